The molecule has 0 bridgehead atoms. The van der Waals surface area contributed by atoms with Gasteiger partial charge in [-0.2, -0.15) is 0 Å². The molecule has 0 heterocycles. The van der Waals surface area contributed by atoms with Gasteiger partial charge in [-0.05, 0) is 56.2 Å². The molecule has 2 aromatic carbocycles. The van der Waals surface area contributed by atoms with Gasteiger partial charge in [0.15, 0.2) is 6.61 Å². The van der Waals surface area contributed by atoms with Crippen LogP contribution < -0.4 is 15.6 Å². The Labute approximate surface area is 150 Å². The summed E-state index contributed by atoms with van der Waals surface area (Å²) in [4.78, 5) is 34.1. The monoisotopic (exact) mass is 357 g/mol. The van der Waals surface area contributed by atoms with Crippen LogP contribution in [-0.4, -0.2) is 23.3 Å². The van der Waals surface area contributed by atoms with Crippen molar-refractivity contribution in [2.24, 2.45) is 0 Å². The predicted octanol–water partition coefficient (Wildman–Crippen LogP) is 2.36. The Kier molecular flexibility index (Phi) is 5.90. The van der Waals surface area contributed by atoms with Crippen LogP contribution in [0.5, 0.6) is 5.75 Å². The van der Waals surface area contributed by atoms with Crippen molar-refractivity contribution in [2.75, 3.05) is 6.61 Å². The first-order valence-electron chi connectivity index (χ1n) is 7.81. The van der Waals surface area contributed by atoms with E-state index in [2.05, 4.69) is 10.9 Å². The summed E-state index contributed by atoms with van der Waals surface area (Å²) < 4.78 is 5.39. The van der Waals surface area contributed by atoms with Gasteiger partial charge in [0.25, 0.3) is 17.5 Å². The first kappa shape index (κ1) is 18.9. The van der Waals surface area contributed by atoms with Crippen LogP contribution in [0, 0.1) is 30.9 Å². The minimum atomic E-state index is -0.581. The Morgan fingerprint density at radius 3 is 2.27 bits per heavy atom. The van der Waals surface area contributed by atoms with Crippen molar-refractivity contribution in [1.29, 1.82) is 0 Å². The number of aryl methyl sites for hydroxylation is 3. The molecule has 0 unspecified atom stereocenters. The highest BCUT2D eigenvalue weighted by Crippen LogP contribution is 2.18. The summed E-state index contributed by atoms with van der Waals surface area (Å²) >= 11 is 0. The molecule has 0 aromatic heterocycles. The molecule has 8 heteroatoms. The Bertz CT molecular complexity index is 844. The van der Waals surface area contributed by atoms with Crippen molar-refractivity contribution in [2.45, 2.75) is 20.8 Å². The van der Waals surface area contributed by atoms with Gasteiger partial charge in [-0.3, -0.25) is 30.6 Å². The van der Waals surface area contributed by atoms with Gasteiger partial charge < -0.3 is 4.74 Å². The van der Waals surface area contributed by atoms with Crippen LogP contribution in [0.4, 0.5) is 5.69 Å². The zero-order valence-corrected chi connectivity index (χ0v) is 14.7. The molecule has 0 radical (unpaired) electrons. The lowest BCUT2D eigenvalue weighted by Crippen LogP contribution is -2.43. The summed E-state index contributed by atoms with van der Waals surface area (Å²) in [6, 6.07) is 9.54. The third-order valence-corrected chi connectivity index (χ3v) is 3.54. The van der Waals surface area contributed by atoms with E-state index in [-0.39, 0.29) is 17.9 Å². The van der Waals surface area contributed by atoms with Crippen LogP contribution in [0.3, 0.4) is 0 Å². The summed E-state index contributed by atoms with van der Waals surface area (Å²) in [5, 5.41) is 10.8. The standard InChI is InChI=1S/C18H19N3O5/c1-11-6-12(2)8-15(7-11)26-10-17(22)19-20-18(23)14-4-5-16(21(24)25)13(3)9-14/h4-9H,10H2,1-3H3,(H,19,22)(H,20,23). The van der Waals surface area contributed by atoms with Gasteiger partial charge in [-0.15, -0.1) is 0 Å². The molecule has 8 nitrogen and oxygen atoms in total. The first-order valence-corrected chi connectivity index (χ1v) is 7.81. The molecule has 2 rings (SSSR count). The molecule has 0 fully saturated rings. The van der Waals surface area contributed by atoms with E-state index in [1.54, 1.807) is 12.1 Å². The van der Waals surface area contributed by atoms with E-state index in [1.807, 2.05) is 19.9 Å². The Balaban J connectivity index is 1.87. The predicted molar refractivity (Wildman–Crippen MR) is 94.9 cm³/mol. The summed E-state index contributed by atoms with van der Waals surface area (Å²) in [5.41, 5.74) is 6.99. The molecule has 2 N–H and O–H groups in total. The van der Waals surface area contributed by atoms with Gasteiger partial charge in [-0.1, -0.05) is 6.07 Å². The van der Waals surface area contributed by atoms with Gasteiger partial charge >= 0.3 is 0 Å². The molecule has 0 saturated carbocycles. The molecular weight excluding hydrogens is 338 g/mol. The average Bonchev–Trinajstić information content (AvgIpc) is 2.56. The Hall–Kier alpha value is -3.42. The highest BCUT2D eigenvalue weighted by molar-refractivity contribution is 5.95. The third-order valence-electron chi connectivity index (χ3n) is 3.54. The van der Waals surface area contributed by atoms with Gasteiger partial charge in [-0.25, -0.2) is 0 Å². The number of hydrogen-bond donors (Lipinski definition) is 2. The molecule has 0 aliphatic rings. The van der Waals surface area contributed by atoms with Crippen molar-refractivity contribution in [1.82, 2.24) is 10.9 Å². The van der Waals surface area contributed by atoms with Gasteiger partial charge in [0.2, 0.25) is 0 Å². The van der Waals surface area contributed by atoms with E-state index >= 15 is 0 Å². The summed E-state index contributed by atoms with van der Waals surface area (Å²) in [6.45, 7) is 5.12. The number of nitro benzene ring substituents is 1. The van der Waals surface area contributed by atoms with Crippen molar-refractivity contribution in [3.05, 3.63) is 68.8 Å². The van der Waals surface area contributed by atoms with Crippen molar-refractivity contribution in [3.63, 3.8) is 0 Å². The summed E-state index contributed by atoms with van der Waals surface area (Å²) in [7, 11) is 0. The number of hydrazine groups is 1. The maximum Gasteiger partial charge on any atom is 0.276 e. The van der Waals surface area contributed by atoms with E-state index in [9.17, 15) is 19.7 Å². The molecule has 2 aromatic rings. The largest absolute Gasteiger partial charge is 0.484 e. The van der Waals surface area contributed by atoms with Crippen LogP contribution in [0.25, 0.3) is 0 Å². The lowest BCUT2D eigenvalue weighted by molar-refractivity contribution is -0.385. The number of carbonyl (C=O) groups excluding carboxylic acids is 2. The van der Waals surface area contributed by atoms with Crippen molar-refractivity contribution in [3.8, 4) is 5.75 Å². The minimum absolute atomic E-state index is 0.0765. The molecule has 0 atom stereocenters. The molecule has 0 aliphatic heterocycles. The number of carbonyl (C=O) groups is 2. The number of hydrogen-bond acceptors (Lipinski definition) is 5. The van der Waals surface area contributed by atoms with Gasteiger partial charge in [0, 0.05) is 17.2 Å². The van der Waals surface area contributed by atoms with Crippen LogP contribution in [0.2, 0.25) is 0 Å². The first-order chi connectivity index (χ1) is 12.3. The average molecular weight is 357 g/mol. The fourth-order valence-electron chi connectivity index (χ4n) is 2.40. The molecule has 136 valence electrons. The number of ether oxygens (including phenoxy) is 1. The van der Waals surface area contributed by atoms with E-state index < -0.39 is 16.7 Å². The Morgan fingerprint density at radius 2 is 1.69 bits per heavy atom. The van der Waals surface area contributed by atoms with E-state index in [0.717, 1.165) is 11.1 Å². The number of benzene rings is 2. The van der Waals surface area contributed by atoms with Crippen molar-refractivity contribution < 1.29 is 19.2 Å². The zero-order valence-electron chi connectivity index (χ0n) is 14.7. The molecule has 26 heavy (non-hydrogen) atoms. The second kappa shape index (κ2) is 8.11. The number of nitrogens with one attached hydrogen (secondary N) is 2. The fourth-order valence-corrected chi connectivity index (χ4v) is 2.40. The number of rotatable bonds is 5. The zero-order chi connectivity index (χ0) is 19.3. The lowest BCUT2D eigenvalue weighted by atomic mass is 10.1. The van der Waals surface area contributed by atoms with Crippen LogP contribution >= 0.6 is 0 Å². The van der Waals surface area contributed by atoms with E-state index in [1.165, 1.54) is 25.1 Å². The number of amides is 2. The van der Waals surface area contributed by atoms with Gasteiger partial charge in [0.05, 0.1) is 4.92 Å². The molecule has 0 aliphatic carbocycles. The molecule has 0 saturated heterocycles. The molecular formula is C18H19N3O5. The minimum Gasteiger partial charge on any atom is -0.484 e. The SMILES string of the molecule is Cc1cc(C)cc(OCC(=O)NNC(=O)c2ccc([N+](=O)[O-])c(C)c2)c1. The van der Waals surface area contributed by atoms with Crippen LogP contribution in [0.15, 0.2) is 36.4 Å². The topological polar surface area (TPSA) is 111 Å². The summed E-state index contributed by atoms with van der Waals surface area (Å²) in [5.74, 6) is -0.547. The normalized spacial score (nSPS) is 10.1. The van der Waals surface area contributed by atoms with Crippen LogP contribution in [-0.2, 0) is 4.79 Å². The van der Waals surface area contributed by atoms with Crippen LogP contribution in [0.1, 0.15) is 27.0 Å². The maximum absolute atomic E-state index is 12.0. The van der Waals surface area contributed by atoms with Gasteiger partial charge in [0.1, 0.15) is 5.75 Å². The van der Waals surface area contributed by atoms with Crippen molar-refractivity contribution >= 4 is 17.5 Å². The van der Waals surface area contributed by atoms with E-state index in [0.29, 0.717) is 11.3 Å². The number of nitrogens with zero attached hydrogens (tertiary/aromatic N) is 1. The highest BCUT2D eigenvalue weighted by atomic mass is 16.6. The third kappa shape index (κ3) is 5.04. The second-order valence-electron chi connectivity index (χ2n) is 5.87. The number of nitro groups is 1. The molecule has 2 amide bonds. The lowest BCUT2D eigenvalue weighted by Gasteiger charge is -2.10. The molecule has 0 spiro atoms. The second-order valence-corrected chi connectivity index (χ2v) is 5.87. The van der Waals surface area contributed by atoms with E-state index in [4.69, 9.17) is 4.74 Å². The quantitative estimate of drug-likeness (QED) is 0.630. The smallest absolute Gasteiger partial charge is 0.276 e. The highest BCUT2D eigenvalue weighted by Gasteiger charge is 2.14. The maximum atomic E-state index is 12.0. The Morgan fingerprint density at radius 1 is 1.04 bits per heavy atom. The fraction of sp³-hybridized carbons (Fsp3) is 0.222. The summed E-state index contributed by atoms with van der Waals surface area (Å²) in [6.07, 6.45) is 0.